The number of alkyl halides is 3. The Balaban J connectivity index is 1.25. The van der Waals surface area contributed by atoms with E-state index in [1.54, 1.807) is 61.5 Å². The number of ether oxygens (including phenoxy) is 1. The zero-order valence-corrected chi connectivity index (χ0v) is 25.0. The minimum Gasteiger partial charge on any atom is -0.438 e. The first-order valence-electron chi connectivity index (χ1n) is 14.4. The molecule has 1 amide bonds. The third kappa shape index (κ3) is 6.79. The number of benzene rings is 2. The van der Waals surface area contributed by atoms with Gasteiger partial charge >= 0.3 is 6.18 Å². The summed E-state index contributed by atoms with van der Waals surface area (Å²) >= 11 is 0. The van der Waals surface area contributed by atoms with Crippen LogP contribution in [0.2, 0.25) is 0 Å². The number of hydrogen-bond acceptors (Lipinski definition) is 8. The highest BCUT2D eigenvalue weighted by Gasteiger charge is 2.34. The predicted octanol–water partition coefficient (Wildman–Crippen LogP) is 5.54. The van der Waals surface area contributed by atoms with E-state index in [0.29, 0.717) is 41.3 Å². The van der Waals surface area contributed by atoms with Gasteiger partial charge in [-0.3, -0.25) is 19.4 Å². The van der Waals surface area contributed by atoms with Crippen molar-refractivity contribution in [1.82, 2.24) is 34.5 Å². The molecule has 4 heterocycles. The molecule has 2 aromatic carbocycles. The Morgan fingerprint density at radius 1 is 0.978 bits per heavy atom. The number of aryl methyl sites for hydroxylation is 2. The van der Waals surface area contributed by atoms with Gasteiger partial charge < -0.3 is 15.0 Å². The van der Waals surface area contributed by atoms with Crippen LogP contribution in [0, 0.1) is 6.92 Å². The van der Waals surface area contributed by atoms with Crippen LogP contribution in [0.5, 0.6) is 11.6 Å². The molecule has 0 bridgehead atoms. The fraction of sp³-hybridized carbons (Fsp3) is 0.281. The monoisotopic (exact) mass is 616 g/mol. The lowest BCUT2D eigenvalue weighted by molar-refractivity contribution is -0.138. The molecule has 13 heteroatoms. The number of carbonyl (C=O) groups excluding carboxylic acids is 1. The van der Waals surface area contributed by atoms with Crippen LogP contribution in [0.25, 0.3) is 22.4 Å². The fourth-order valence-corrected chi connectivity index (χ4v) is 5.22. The number of hydrogen-bond donors (Lipinski definition) is 1. The average molecular weight is 617 g/mol. The number of nitrogens with one attached hydrogen (secondary N) is 1. The van der Waals surface area contributed by atoms with Crippen LogP contribution < -0.4 is 10.1 Å². The first kappa shape index (κ1) is 30.2. The van der Waals surface area contributed by atoms with Crippen molar-refractivity contribution in [2.75, 3.05) is 38.5 Å². The van der Waals surface area contributed by atoms with E-state index in [9.17, 15) is 18.0 Å². The average Bonchev–Trinajstić information content (AvgIpc) is 3.40. The number of pyridine rings is 1. The quantitative estimate of drug-likeness (QED) is 0.254. The number of aromatic nitrogens is 5. The van der Waals surface area contributed by atoms with Crippen LogP contribution in [-0.4, -0.2) is 73.7 Å². The summed E-state index contributed by atoms with van der Waals surface area (Å²) in [7, 11) is 3.75. The largest absolute Gasteiger partial charge is 0.438 e. The maximum atomic E-state index is 14.1. The Labute approximate surface area is 257 Å². The van der Waals surface area contributed by atoms with Gasteiger partial charge in [0.05, 0.1) is 5.56 Å². The molecular weight excluding hydrogens is 585 g/mol. The zero-order valence-electron chi connectivity index (χ0n) is 25.0. The molecule has 5 aromatic rings. The van der Waals surface area contributed by atoms with E-state index in [0.717, 1.165) is 24.7 Å². The zero-order chi connectivity index (χ0) is 31.7. The molecule has 1 N–H and O–H groups in total. The van der Waals surface area contributed by atoms with Crippen LogP contribution in [0.1, 0.15) is 27.0 Å². The van der Waals surface area contributed by atoms with Gasteiger partial charge in [0, 0.05) is 75.2 Å². The van der Waals surface area contributed by atoms with Gasteiger partial charge in [-0.25, -0.2) is 4.98 Å². The minimum atomic E-state index is -4.57. The molecule has 1 fully saturated rings. The molecule has 45 heavy (non-hydrogen) atoms. The van der Waals surface area contributed by atoms with Crippen molar-refractivity contribution in [3.05, 3.63) is 89.4 Å². The van der Waals surface area contributed by atoms with Crippen molar-refractivity contribution in [1.29, 1.82) is 0 Å². The number of rotatable bonds is 7. The van der Waals surface area contributed by atoms with Crippen LogP contribution >= 0.6 is 0 Å². The molecule has 3 aromatic heterocycles. The molecule has 10 nitrogen and oxygen atoms in total. The molecule has 0 radical (unpaired) electrons. The van der Waals surface area contributed by atoms with Gasteiger partial charge in [0.25, 0.3) is 5.91 Å². The summed E-state index contributed by atoms with van der Waals surface area (Å²) < 4.78 is 50.1. The summed E-state index contributed by atoms with van der Waals surface area (Å²) in [6, 6.07) is 12.4. The van der Waals surface area contributed by atoms with E-state index in [4.69, 9.17) is 4.74 Å². The van der Waals surface area contributed by atoms with Gasteiger partial charge in [-0.15, -0.1) is 0 Å². The number of fused-ring (bicyclic) bond motifs is 1. The van der Waals surface area contributed by atoms with Gasteiger partial charge in [-0.1, -0.05) is 12.1 Å². The summed E-state index contributed by atoms with van der Waals surface area (Å²) in [4.78, 5) is 30.7. The van der Waals surface area contributed by atoms with Crippen molar-refractivity contribution in [3.8, 4) is 23.0 Å². The van der Waals surface area contributed by atoms with Gasteiger partial charge in [0.2, 0.25) is 5.88 Å². The Hall–Kier alpha value is -4.88. The smallest absolute Gasteiger partial charge is 0.416 e. The number of amides is 1. The van der Waals surface area contributed by atoms with E-state index in [-0.39, 0.29) is 29.2 Å². The number of carbonyl (C=O) groups is 1. The van der Waals surface area contributed by atoms with Crippen LogP contribution in [0.3, 0.4) is 0 Å². The van der Waals surface area contributed by atoms with Gasteiger partial charge in [-0.05, 0) is 61.5 Å². The summed E-state index contributed by atoms with van der Waals surface area (Å²) in [6.45, 7) is 4.91. The fourth-order valence-electron chi connectivity index (χ4n) is 5.22. The number of halogens is 3. The van der Waals surface area contributed by atoms with Crippen molar-refractivity contribution in [3.63, 3.8) is 0 Å². The van der Waals surface area contributed by atoms with E-state index < -0.39 is 17.6 Å². The van der Waals surface area contributed by atoms with Gasteiger partial charge in [0.15, 0.2) is 11.5 Å². The number of likely N-dealkylation sites (N-methyl/N-ethyl adjacent to an activating group) is 1. The van der Waals surface area contributed by atoms with Crippen LogP contribution in [0.4, 0.5) is 18.9 Å². The lowest BCUT2D eigenvalue weighted by atomic mass is 10.0. The highest BCUT2D eigenvalue weighted by molar-refractivity contribution is 6.05. The molecule has 1 aliphatic rings. The molecule has 0 spiro atoms. The SMILES string of the molecule is Cc1ccc(Oc2nc(-c3ccncc3)nc3nn(C)cc23)cc1C(=O)Nc1ccc(CN2CCN(C)CC2)c(C(F)(F)F)c1. The lowest BCUT2D eigenvalue weighted by Gasteiger charge is -2.33. The summed E-state index contributed by atoms with van der Waals surface area (Å²) in [5, 5.41) is 7.61. The van der Waals surface area contributed by atoms with Crippen molar-refractivity contribution < 1.29 is 22.7 Å². The highest BCUT2D eigenvalue weighted by Crippen LogP contribution is 2.35. The standard InChI is InChI=1S/C32H31F3N8O2/c1-20-4-7-24(45-31-26-19-42(3)40-29(26)38-28(39-31)21-8-10-36-11-9-21)17-25(20)30(44)37-23-6-5-22(27(16-23)32(33,34)35)18-43-14-12-41(2)13-15-43/h4-11,16-17,19H,12-15,18H2,1-3H3,(H,37,44). The molecule has 0 saturated carbocycles. The Morgan fingerprint density at radius 2 is 1.73 bits per heavy atom. The molecule has 0 unspecified atom stereocenters. The first-order chi connectivity index (χ1) is 21.5. The van der Waals surface area contributed by atoms with E-state index in [1.807, 2.05) is 11.9 Å². The maximum absolute atomic E-state index is 14.1. The first-order valence-corrected chi connectivity index (χ1v) is 14.4. The summed E-state index contributed by atoms with van der Waals surface area (Å²) in [5.41, 5.74) is 1.48. The normalized spacial score (nSPS) is 14.5. The second-order valence-electron chi connectivity index (χ2n) is 11.1. The molecule has 0 aliphatic carbocycles. The summed E-state index contributed by atoms with van der Waals surface area (Å²) in [5.74, 6) is 0.375. The molecule has 0 atom stereocenters. The third-order valence-corrected chi connectivity index (χ3v) is 7.73. The minimum absolute atomic E-state index is 0.0510. The molecular formula is C32H31F3N8O2. The maximum Gasteiger partial charge on any atom is 0.416 e. The molecule has 1 saturated heterocycles. The third-order valence-electron chi connectivity index (χ3n) is 7.73. The van der Waals surface area contributed by atoms with Crippen molar-refractivity contribution in [2.24, 2.45) is 7.05 Å². The Morgan fingerprint density at radius 3 is 2.47 bits per heavy atom. The summed E-state index contributed by atoms with van der Waals surface area (Å²) in [6.07, 6.45) is 0.419. The predicted molar refractivity (Wildman–Crippen MR) is 163 cm³/mol. The number of piperazine rings is 1. The number of anilines is 1. The van der Waals surface area contributed by atoms with Crippen molar-refractivity contribution >= 4 is 22.6 Å². The van der Waals surface area contributed by atoms with E-state index >= 15 is 0 Å². The van der Waals surface area contributed by atoms with Crippen LogP contribution in [-0.2, 0) is 19.8 Å². The van der Waals surface area contributed by atoms with Gasteiger partial charge in [-0.2, -0.15) is 23.3 Å². The lowest BCUT2D eigenvalue weighted by Crippen LogP contribution is -2.44. The second-order valence-corrected chi connectivity index (χ2v) is 11.1. The van der Waals surface area contributed by atoms with Crippen molar-refractivity contribution in [2.45, 2.75) is 19.6 Å². The molecule has 6 rings (SSSR count). The molecule has 1 aliphatic heterocycles. The Bertz CT molecular complexity index is 1850. The van der Waals surface area contributed by atoms with E-state index in [2.05, 4.69) is 30.3 Å². The van der Waals surface area contributed by atoms with E-state index in [1.165, 1.54) is 18.2 Å². The molecule has 232 valence electrons. The van der Waals surface area contributed by atoms with Gasteiger partial charge in [0.1, 0.15) is 11.1 Å². The number of nitrogens with zero attached hydrogens (tertiary/aromatic N) is 7. The Kier molecular flexibility index (Phi) is 8.21. The second kappa shape index (κ2) is 12.3. The van der Waals surface area contributed by atoms with Crippen LogP contribution in [0.15, 0.2) is 67.1 Å². The highest BCUT2D eigenvalue weighted by atomic mass is 19.4. The topological polar surface area (TPSA) is 101 Å².